The molecule has 2 aliphatic rings. The first-order valence-corrected chi connectivity index (χ1v) is 10.8. The summed E-state index contributed by atoms with van der Waals surface area (Å²) in [6, 6.07) is 6.06. The average molecular weight is 411 g/mol. The van der Waals surface area contributed by atoms with E-state index in [0.29, 0.717) is 0 Å². The van der Waals surface area contributed by atoms with Crippen molar-refractivity contribution in [2.24, 2.45) is 0 Å². The van der Waals surface area contributed by atoms with Gasteiger partial charge in [-0.05, 0) is 63.4 Å². The van der Waals surface area contributed by atoms with Crippen LogP contribution in [0.1, 0.15) is 36.1 Å². The molecule has 2 aromatic rings. The fourth-order valence-electron chi connectivity index (χ4n) is 4.95. The van der Waals surface area contributed by atoms with Gasteiger partial charge in [-0.1, -0.05) is 0 Å². The Hall–Kier alpha value is -2.56. The third-order valence-corrected chi connectivity index (χ3v) is 6.64. The lowest BCUT2D eigenvalue weighted by atomic mass is 9.91. The molecule has 0 unspecified atom stereocenters. The zero-order valence-corrected chi connectivity index (χ0v) is 19.4. The molecule has 0 aliphatic carbocycles. The molecule has 1 fully saturated rings. The average Bonchev–Trinajstić information content (AvgIpc) is 3.08. The minimum atomic E-state index is -0.119. The van der Waals surface area contributed by atoms with Crippen LogP contribution in [0.4, 0.5) is 11.4 Å². The van der Waals surface area contributed by atoms with Crippen LogP contribution < -0.4 is 24.0 Å². The SMILES string of the molecule is COc1ccc(N2CCN(c3c(C)c(C)c4c(c3C)CC(C)(C)O4)CC2)c(OC)c1. The number of methoxy groups -OCH3 is 2. The Morgan fingerprint density at radius 1 is 0.867 bits per heavy atom. The second-order valence-corrected chi connectivity index (χ2v) is 9.08. The summed E-state index contributed by atoms with van der Waals surface area (Å²) < 4.78 is 17.3. The Morgan fingerprint density at radius 2 is 1.53 bits per heavy atom. The molecule has 4 rings (SSSR count). The molecule has 0 N–H and O–H groups in total. The first-order chi connectivity index (χ1) is 14.3. The predicted octanol–water partition coefficient (Wildman–Crippen LogP) is 4.67. The molecule has 2 aliphatic heterocycles. The predicted molar refractivity (Wildman–Crippen MR) is 123 cm³/mol. The van der Waals surface area contributed by atoms with Gasteiger partial charge in [0.1, 0.15) is 22.8 Å². The van der Waals surface area contributed by atoms with Gasteiger partial charge >= 0.3 is 0 Å². The highest BCUT2D eigenvalue weighted by Crippen LogP contribution is 2.45. The van der Waals surface area contributed by atoms with Crippen molar-refractivity contribution in [1.82, 2.24) is 0 Å². The molecule has 5 nitrogen and oxygen atoms in total. The molecule has 0 spiro atoms. The summed E-state index contributed by atoms with van der Waals surface area (Å²) >= 11 is 0. The molecule has 2 aromatic carbocycles. The molecule has 30 heavy (non-hydrogen) atoms. The smallest absolute Gasteiger partial charge is 0.145 e. The Morgan fingerprint density at radius 3 is 2.17 bits per heavy atom. The number of hydrogen-bond acceptors (Lipinski definition) is 5. The van der Waals surface area contributed by atoms with E-state index in [0.717, 1.165) is 55.5 Å². The van der Waals surface area contributed by atoms with Gasteiger partial charge in [0.25, 0.3) is 0 Å². The van der Waals surface area contributed by atoms with E-state index < -0.39 is 0 Å². The fraction of sp³-hybridized carbons (Fsp3) is 0.520. The van der Waals surface area contributed by atoms with Crippen LogP contribution in [-0.4, -0.2) is 46.0 Å². The first-order valence-electron chi connectivity index (χ1n) is 10.8. The summed E-state index contributed by atoms with van der Waals surface area (Å²) in [7, 11) is 3.40. The van der Waals surface area contributed by atoms with Crippen molar-refractivity contribution in [1.29, 1.82) is 0 Å². The van der Waals surface area contributed by atoms with Crippen LogP contribution >= 0.6 is 0 Å². The maximum atomic E-state index is 6.30. The molecule has 0 amide bonds. The van der Waals surface area contributed by atoms with Crippen LogP contribution in [0.5, 0.6) is 17.2 Å². The Balaban J connectivity index is 1.58. The van der Waals surface area contributed by atoms with Crippen LogP contribution in [0.25, 0.3) is 0 Å². The number of fused-ring (bicyclic) bond motifs is 1. The monoisotopic (exact) mass is 410 g/mol. The molecule has 0 atom stereocenters. The van der Waals surface area contributed by atoms with Crippen molar-refractivity contribution in [2.75, 3.05) is 50.2 Å². The van der Waals surface area contributed by atoms with Gasteiger partial charge < -0.3 is 24.0 Å². The molecule has 1 saturated heterocycles. The quantitative estimate of drug-likeness (QED) is 0.732. The largest absolute Gasteiger partial charge is 0.497 e. The van der Waals surface area contributed by atoms with Crippen molar-refractivity contribution in [3.8, 4) is 17.2 Å². The molecular weight excluding hydrogens is 376 g/mol. The van der Waals surface area contributed by atoms with Gasteiger partial charge in [0.2, 0.25) is 0 Å². The van der Waals surface area contributed by atoms with E-state index in [1.807, 2.05) is 12.1 Å². The fourth-order valence-corrected chi connectivity index (χ4v) is 4.95. The summed E-state index contributed by atoms with van der Waals surface area (Å²) in [6.07, 6.45) is 0.977. The third-order valence-electron chi connectivity index (χ3n) is 6.64. The number of nitrogens with zero attached hydrogens (tertiary/aromatic N) is 2. The van der Waals surface area contributed by atoms with E-state index in [4.69, 9.17) is 14.2 Å². The van der Waals surface area contributed by atoms with Gasteiger partial charge in [-0.2, -0.15) is 0 Å². The van der Waals surface area contributed by atoms with E-state index in [9.17, 15) is 0 Å². The number of benzene rings is 2. The zero-order chi connectivity index (χ0) is 21.6. The summed E-state index contributed by atoms with van der Waals surface area (Å²) in [5, 5.41) is 0. The molecule has 5 heteroatoms. The number of rotatable bonds is 4. The van der Waals surface area contributed by atoms with Gasteiger partial charge in [0.05, 0.1) is 19.9 Å². The first kappa shape index (κ1) is 20.7. The molecule has 2 heterocycles. The highest BCUT2D eigenvalue weighted by molar-refractivity contribution is 5.71. The van der Waals surface area contributed by atoms with Gasteiger partial charge in [-0.3, -0.25) is 0 Å². The number of piperazine rings is 1. The molecule has 0 radical (unpaired) electrons. The Labute approximate surface area is 180 Å². The Bertz CT molecular complexity index is 960. The minimum Gasteiger partial charge on any atom is -0.497 e. The van der Waals surface area contributed by atoms with Crippen molar-refractivity contribution in [3.05, 3.63) is 40.5 Å². The standard InChI is InChI=1S/C25H34N2O3/c1-16-17(2)24-20(15-25(4,5)30-24)18(3)23(16)27-12-10-26(11-13-27)21-9-8-19(28-6)14-22(21)29-7/h8-9,14H,10-13,15H2,1-7H3. The van der Waals surface area contributed by atoms with Gasteiger partial charge in [0.15, 0.2) is 0 Å². The summed E-state index contributed by atoms with van der Waals surface area (Å²) in [4.78, 5) is 4.96. The van der Waals surface area contributed by atoms with E-state index >= 15 is 0 Å². The second-order valence-electron chi connectivity index (χ2n) is 9.08. The van der Waals surface area contributed by atoms with Gasteiger partial charge in [-0.15, -0.1) is 0 Å². The normalized spacial score (nSPS) is 17.6. The highest BCUT2D eigenvalue weighted by Gasteiger charge is 2.35. The minimum absolute atomic E-state index is 0.119. The van der Waals surface area contributed by atoms with Crippen LogP contribution in [0.3, 0.4) is 0 Å². The van der Waals surface area contributed by atoms with Crippen LogP contribution in [0, 0.1) is 20.8 Å². The third kappa shape index (κ3) is 3.44. The molecule has 0 aromatic heterocycles. The lowest BCUT2D eigenvalue weighted by Crippen LogP contribution is -2.47. The Kier molecular flexibility index (Phi) is 5.25. The summed E-state index contributed by atoms with van der Waals surface area (Å²) in [5.41, 5.74) is 7.81. The summed E-state index contributed by atoms with van der Waals surface area (Å²) in [6.45, 7) is 15.0. The molecule has 162 valence electrons. The maximum absolute atomic E-state index is 6.30. The van der Waals surface area contributed by atoms with Gasteiger partial charge in [0, 0.05) is 49.9 Å². The maximum Gasteiger partial charge on any atom is 0.145 e. The van der Waals surface area contributed by atoms with E-state index in [1.165, 1.54) is 27.9 Å². The lowest BCUT2D eigenvalue weighted by molar-refractivity contribution is 0.137. The second kappa shape index (κ2) is 7.60. The molecule has 0 saturated carbocycles. The van der Waals surface area contributed by atoms with E-state index in [1.54, 1.807) is 14.2 Å². The number of hydrogen-bond donors (Lipinski definition) is 0. The lowest BCUT2D eigenvalue weighted by Gasteiger charge is -2.39. The van der Waals surface area contributed by atoms with Crippen molar-refractivity contribution in [3.63, 3.8) is 0 Å². The zero-order valence-electron chi connectivity index (χ0n) is 19.4. The van der Waals surface area contributed by atoms with E-state index in [2.05, 4.69) is 50.5 Å². The van der Waals surface area contributed by atoms with Crippen molar-refractivity contribution >= 4 is 11.4 Å². The highest BCUT2D eigenvalue weighted by atomic mass is 16.5. The van der Waals surface area contributed by atoms with E-state index in [-0.39, 0.29) is 5.60 Å². The van der Waals surface area contributed by atoms with Gasteiger partial charge in [-0.25, -0.2) is 0 Å². The molecular formula is C25H34N2O3. The van der Waals surface area contributed by atoms with Crippen molar-refractivity contribution in [2.45, 2.75) is 46.6 Å². The number of anilines is 2. The van der Waals surface area contributed by atoms with Crippen molar-refractivity contribution < 1.29 is 14.2 Å². The van der Waals surface area contributed by atoms with Crippen LogP contribution in [0.15, 0.2) is 18.2 Å². The van der Waals surface area contributed by atoms with Crippen LogP contribution in [0.2, 0.25) is 0 Å². The van der Waals surface area contributed by atoms with Crippen LogP contribution in [-0.2, 0) is 6.42 Å². The molecule has 0 bridgehead atoms. The number of ether oxygens (including phenoxy) is 3. The summed E-state index contributed by atoms with van der Waals surface area (Å²) in [5.74, 6) is 2.79. The topological polar surface area (TPSA) is 34.2 Å².